The third kappa shape index (κ3) is 9.15. The van der Waals surface area contributed by atoms with Gasteiger partial charge in [0.25, 0.3) is 0 Å². The highest BCUT2D eigenvalue weighted by atomic mass is 35.5. The van der Waals surface area contributed by atoms with Crippen molar-refractivity contribution in [2.24, 2.45) is 0 Å². The van der Waals surface area contributed by atoms with Gasteiger partial charge in [0.05, 0.1) is 37.1 Å². The fraction of sp³-hybridized carbons (Fsp3) is 0.310. The van der Waals surface area contributed by atoms with Gasteiger partial charge in [-0.05, 0) is 48.7 Å². The molecule has 0 aliphatic carbocycles. The highest BCUT2D eigenvalue weighted by molar-refractivity contribution is 7.92. The molecule has 0 spiro atoms. The molecule has 0 saturated heterocycles. The van der Waals surface area contributed by atoms with Crippen LogP contribution in [0.2, 0.25) is 25.1 Å². The molecule has 0 fully saturated rings. The fourth-order valence-corrected chi connectivity index (χ4v) is 5.99. The largest absolute Gasteiger partial charge is 0.352 e. The van der Waals surface area contributed by atoms with E-state index in [4.69, 9.17) is 58.0 Å². The van der Waals surface area contributed by atoms with Gasteiger partial charge in [-0.2, -0.15) is 0 Å². The highest BCUT2D eigenvalue weighted by Crippen LogP contribution is 2.36. The van der Waals surface area contributed by atoms with Gasteiger partial charge in [0, 0.05) is 19.0 Å². The number of hydrogen-bond acceptors (Lipinski definition) is 4. The summed E-state index contributed by atoms with van der Waals surface area (Å²) < 4.78 is 26.8. The number of halogens is 5. The SMILES string of the molecule is CC[C@H](C)NC(=O)[C@H](Cc1ccccc1)N(Cc1ccc(Cl)c(Cl)c1)C(=O)CN(c1cc(Cl)c(Cl)cc1Cl)S(C)(=O)=O. The monoisotopic (exact) mass is 691 g/mol. The van der Waals surface area contributed by atoms with Crippen LogP contribution in [0.4, 0.5) is 5.69 Å². The number of anilines is 1. The Bertz CT molecular complexity index is 1540. The first kappa shape index (κ1) is 34.3. The van der Waals surface area contributed by atoms with E-state index in [0.717, 1.165) is 16.1 Å². The maximum absolute atomic E-state index is 14.2. The summed E-state index contributed by atoms with van der Waals surface area (Å²) >= 11 is 31.0. The second-order valence-corrected chi connectivity index (χ2v) is 13.7. The first-order chi connectivity index (χ1) is 19.7. The van der Waals surface area contributed by atoms with Crippen LogP contribution < -0.4 is 9.62 Å². The van der Waals surface area contributed by atoms with E-state index >= 15 is 0 Å². The topological polar surface area (TPSA) is 86.8 Å². The molecule has 3 aromatic rings. The Kier molecular flexibility index (Phi) is 12.2. The van der Waals surface area contributed by atoms with Crippen LogP contribution in [0.15, 0.2) is 60.7 Å². The van der Waals surface area contributed by atoms with Crippen LogP contribution in [0.3, 0.4) is 0 Å². The van der Waals surface area contributed by atoms with Gasteiger partial charge in [0.15, 0.2) is 0 Å². The first-order valence-corrected chi connectivity index (χ1v) is 16.6. The van der Waals surface area contributed by atoms with Crippen molar-refractivity contribution in [1.29, 1.82) is 0 Å². The van der Waals surface area contributed by atoms with Crippen molar-refractivity contribution in [3.8, 4) is 0 Å². The van der Waals surface area contributed by atoms with Crippen molar-refractivity contribution in [1.82, 2.24) is 10.2 Å². The van der Waals surface area contributed by atoms with E-state index < -0.39 is 28.5 Å². The summed E-state index contributed by atoms with van der Waals surface area (Å²) in [4.78, 5) is 29.2. The van der Waals surface area contributed by atoms with Crippen molar-refractivity contribution >= 4 is 85.5 Å². The lowest BCUT2D eigenvalue weighted by molar-refractivity contribution is -0.140. The number of amides is 2. The summed E-state index contributed by atoms with van der Waals surface area (Å²) in [6.07, 6.45) is 1.78. The van der Waals surface area contributed by atoms with Gasteiger partial charge in [-0.15, -0.1) is 0 Å². The lowest BCUT2D eigenvalue weighted by atomic mass is 10.0. The molecule has 1 N–H and O–H groups in total. The second-order valence-electron chi connectivity index (χ2n) is 9.78. The van der Waals surface area contributed by atoms with Crippen LogP contribution in [0.5, 0.6) is 0 Å². The lowest BCUT2D eigenvalue weighted by Gasteiger charge is -2.34. The molecule has 0 heterocycles. The summed E-state index contributed by atoms with van der Waals surface area (Å²) in [7, 11) is -4.05. The molecule has 42 heavy (non-hydrogen) atoms. The Labute approximate surface area is 271 Å². The zero-order chi connectivity index (χ0) is 31.2. The lowest BCUT2D eigenvalue weighted by Crippen LogP contribution is -2.54. The Morgan fingerprint density at radius 3 is 2.05 bits per heavy atom. The van der Waals surface area contributed by atoms with Gasteiger partial charge in [0.2, 0.25) is 21.8 Å². The molecule has 7 nitrogen and oxygen atoms in total. The van der Waals surface area contributed by atoms with Crippen LogP contribution in [0.25, 0.3) is 0 Å². The normalized spacial score (nSPS) is 12.9. The van der Waals surface area contributed by atoms with Gasteiger partial charge in [-0.25, -0.2) is 8.42 Å². The Hall–Kier alpha value is -2.20. The van der Waals surface area contributed by atoms with Gasteiger partial charge in [0.1, 0.15) is 12.6 Å². The van der Waals surface area contributed by atoms with E-state index in [1.807, 2.05) is 44.2 Å². The molecule has 0 aromatic heterocycles. The minimum absolute atomic E-state index is 0.0194. The average Bonchev–Trinajstić information content (AvgIpc) is 2.93. The van der Waals surface area contributed by atoms with Gasteiger partial charge in [-0.1, -0.05) is 101 Å². The molecule has 0 aliphatic heterocycles. The van der Waals surface area contributed by atoms with E-state index in [2.05, 4.69) is 5.32 Å². The predicted molar refractivity (Wildman–Crippen MR) is 173 cm³/mol. The van der Waals surface area contributed by atoms with Crippen molar-refractivity contribution < 1.29 is 18.0 Å². The third-order valence-electron chi connectivity index (χ3n) is 6.55. The number of hydrogen-bond donors (Lipinski definition) is 1. The van der Waals surface area contributed by atoms with Crippen LogP contribution in [0, 0.1) is 0 Å². The maximum atomic E-state index is 14.2. The number of carbonyl (C=O) groups is 2. The van der Waals surface area contributed by atoms with Crippen molar-refractivity contribution in [2.45, 2.75) is 45.3 Å². The van der Waals surface area contributed by atoms with E-state index in [1.165, 1.54) is 17.0 Å². The molecule has 13 heteroatoms. The minimum atomic E-state index is -4.05. The standard InChI is InChI=1S/C29H30Cl5N3O4S/c1-4-18(2)35-29(39)27(13-19-8-6-5-7-9-19)36(16-20-10-11-21(30)22(31)12-20)28(38)17-37(42(3,40)41)26-15-24(33)23(32)14-25(26)34/h5-12,14-15,18,27H,4,13,16-17H2,1-3H3,(H,35,39)/t18-,27-/m0/s1. The molecule has 0 radical (unpaired) electrons. The molecule has 0 aliphatic rings. The highest BCUT2D eigenvalue weighted by Gasteiger charge is 2.34. The summed E-state index contributed by atoms with van der Waals surface area (Å²) in [5.74, 6) is -1.05. The molecule has 0 bridgehead atoms. The summed E-state index contributed by atoms with van der Waals surface area (Å²) in [6.45, 7) is 3.06. The molecular formula is C29H30Cl5N3O4S. The van der Waals surface area contributed by atoms with E-state index in [-0.39, 0.29) is 50.7 Å². The maximum Gasteiger partial charge on any atom is 0.244 e. The molecular weight excluding hydrogens is 664 g/mol. The van der Waals surface area contributed by atoms with Crippen LogP contribution in [0.1, 0.15) is 31.4 Å². The second kappa shape index (κ2) is 15.0. The molecule has 226 valence electrons. The number of nitrogens with zero attached hydrogens (tertiary/aromatic N) is 2. The predicted octanol–water partition coefficient (Wildman–Crippen LogP) is 7.27. The average molecular weight is 694 g/mol. The molecule has 0 unspecified atom stereocenters. The molecule has 2 atom stereocenters. The fourth-order valence-electron chi connectivity index (χ4n) is 4.13. The van der Waals surface area contributed by atoms with Crippen LogP contribution >= 0.6 is 58.0 Å². The number of benzene rings is 3. The summed E-state index contributed by atoms with van der Waals surface area (Å²) in [6, 6.07) is 15.5. The quantitative estimate of drug-likeness (QED) is 0.202. The van der Waals surface area contributed by atoms with E-state index in [0.29, 0.717) is 17.0 Å². The van der Waals surface area contributed by atoms with Crippen molar-refractivity contribution in [3.05, 3.63) is 96.9 Å². The summed E-state index contributed by atoms with van der Waals surface area (Å²) in [5, 5.41) is 3.72. The minimum Gasteiger partial charge on any atom is -0.352 e. The van der Waals surface area contributed by atoms with Gasteiger partial charge < -0.3 is 10.2 Å². The Balaban J connectivity index is 2.12. The molecule has 3 aromatic carbocycles. The number of rotatable bonds is 12. The Morgan fingerprint density at radius 2 is 1.45 bits per heavy atom. The Morgan fingerprint density at radius 1 is 0.833 bits per heavy atom. The van der Waals surface area contributed by atoms with E-state index in [9.17, 15) is 18.0 Å². The smallest absolute Gasteiger partial charge is 0.244 e. The van der Waals surface area contributed by atoms with Gasteiger partial charge >= 0.3 is 0 Å². The van der Waals surface area contributed by atoms with Crippen LogP contribution in [-0.2, 0) is 32.6 Å². The van der Waals surface area contributed by atoms with Crippen molar-refractivity contribution in [2.75, 3.05) is 17.1 Å². The molecule has 2 amide bonds. The third-order valence-corrected chi connectivity index (χ3v) is 9.44. The zero-order valence-electron chi connectivity index (χ0n) is 23.1. The first-order valence-electron chi connectivity index (χ1n) is 12.9. The molecule has 3 rings (SSSR count). The van der Waals surface area contributed by atoms with Crippen molar-refractivity contribution in [3.63, 3.8) is 0 Å². The summed E-state index contributed by atoms with van der Waals surface area (Å²) in [5.41, 5.74) is 1.37. The number of carbonyl (C=O) groups excluding carboxylic acids is 2. The zero-order valence-corrected chi connectivity index (χ0v) is 27.7. The van der Waals surface area contributed by atoms with E-state index in [1.54, 1.807) is 18.2 Å². The van der Waals surface area contributed by atoms with Crippen LogP contribution in [-0.4, -0.2) is 50.0 Å². The molecule has 0 saturated carbocycles. The number of sulfonamides is 1. The van der Waals surface area contributed by atoms with Gasteiger partial charge in [-0.3, -0.25) is 13.9 Å². The number of nitrogens with one attached hydrogen (secondary N) is 1.